The average Bonchev–Trinajstić information content (AvgIpc) is 2.45. The van der Waals surface area contributed by atoms with Crippen LogP contribution in [0.5, 0.6) is 0 Å². The normalized spacial score (nSPS) is 27.9. The molecule has 0 aliphatic carbocycles. The Hall–Kier alpha value is -0.650. The van der Waals surface area contributed by atoms with Gasteiger partial charge < -0.3 is 20.1 Å². The van der Waals surface area contributed by atoms with Crippen LogP contribution in [-0.4, -0.2) is 56.9 Å². The van der Waals surface area contributed by atoms with Gasteiger partial charge in [-0.2, -0.15) is 0 Å². The second-order valence-electron chi connectivity index (χ2n) is 3.62. The Bertz CT molecular complexity index is 198. The maximum Gasteiger partial charge on any atom is 0.307 e. The topological polar surface area (TPSA) is 64.8 Å². The summed E-state index contributed by atoms with van der Waals surface area (Å²) in [5.41, 5.74) is 5.84. The number of hydrogen-bond acceptors (Lipinski definition) is 5. The first-order valence-electron chi connectivity index (χ1n) is 4.76. The quantitative estimate of drug-likeness (QED) is 0.605. The SMILES string of the molecule is COC(=O)CCO[C@H]1CN(C)C[C@H]1N. The van der Waals surface area contributed by atoms with Crippen molar-refractivity contribution in [2.75, 3.05) is 33.9 Å². The molecule has 14 heavy (non-hydrogen) atoms. The Kier molecular flexibility index (Phi) is 4.31. The molecular weight excluding hydrogens is 184 g/mol. The minimum atomic E-state index is -0.245. The summed E-state index contributed by atoms with van der Waals surface area (Å²) < 4.78 is 9.99. The van der Waals surface area contributed by atoms with Gasteiger partial charge in [0, 0.05) is 19.1 Å². The summed E-state index contributed by atoms with van der Waals surface area (Å²) in [6.07, 6.45) is 0.341. The summed E-state index contributed by atoms with van der Waals surface area (Å²) >= 11 is 0. The van der Waals surface area contributed by atoms with Crippen molar-refractivity contribution in [3.63, 3.8) is 0 Å². The smallest absolute Gasteiger partial charge is 0.307 e. The number of rotatable bonds is 4. The van der Waals surface area contributed by atoms with Crippen molar-refractivity contribution in [3.05, 3.63) is 0 Å². The monoisotopic (exact) mass is 202 g/mol. The van der Waals surface area contributed by atoms with Crippen LogP contribution in [0.25, 0.3) is 0 Å². The molecule has 1 aliphatic rings. The third kappa shape index (κ3) is 3.25. The van der Waals surface area contributed by atoms with Gasteiger partial charge in [-0.3, -0.25) is 4.79 Å². The minimum Gasteiger partial charge on any atom is -0.469 e. The Labute approximate surface area is 84.1 Å². The first-order valence-corrected chi connectivity index (χ1v) is 4.76. The number of nitrogens with zero attached hydrogens (tertiary/aromatic N) is 1. The Morgan fingerprint density at radius 3 is 2.79 bits per heavy atom. The molecule has 0 saturated carbocycles. The van der Waals surface area contributed by atoms with E-state index in [1.54, 1.807) is 0 Å². The molecule has 1 aliphatic heterocycles. The van der Waals surface area contributed by atoms with Gasteiger partial charge in [0.1, 0.15) is 0 Å². The summed E-state index contributed by atoms with van der Waals surface area (Å²) in [7, 11) is 3.38. The van der Waals surface area contributed by atoms with E-state index in [9.17, 15) is 4.79 Å². The molecular formula is C9H18N2O3. The van der Waals surface area contributed by atoms with Crippen molar-refractivity contribution in [3.8, 4) is 0 Å². The number of methoxy groups -OCH3 is 1. The molecule has 0 radical (unpaired) electrons. The van der Waals surface area contributed by atoms with Crippen LogP contribution >= 0.6 is 0 Å². The molecule has 2 atom stereocenters. The van der Waals surface area contributed by atoms with Gasteiger partial charge in [0.05, 0.1) is 26.2 Å². The van der Waals surface area contributed by atoms with E-state index in [0.29, 0.717) is 13.0 Å². The zero-order valence-corrected chi connectivity index (χ0v) is 8.73. The standard InChI is InChI=1S/C9H18N2O3/c1-11-5-7(10)8(6-11)14-4-3-9(12)13-2/h7-8H,3-6,10H2,1-2H3/t7-,8+/m1/s1. The van der Waals surface area contributed by atoms with Gasteiger partial charge in [0.25, 0.3) is 0 Å². The first kappa shape index (κ1) is 11.4. The lowest BCUT2D eigenvalue weighted by atomic mass is 10.2. The van der Waals surface area contributed by atoms with Crippen molar-refractivity contribution in [2.45, 2.75) is 18.6 Å². The summed E-state index contributed by atoms with van der Waals surface area (Å²) in [6, 6.07) is 0.0534. The van der Waals surface area contributed by atoms with Crippen LogP contribution in [0.1, 0.15) is 6.42 Å². The van der Waals surface area contributed by atoms with Crippen LogP contribution in [0.3, 0.4) is 0 Å². The molecule has 0 bridgehead atoms. The summed E-state index contributed by atoms with van der Waals surface area (Å²) in [4.78, 5) is 12.9. The second-order valence-corrected chi connectivity index (χ2v) is 3.62. The zero-order chi connectivity index (χ0) is 10.6. The molecule has 0 unspecified atom stereocenters. The van der Waals surface area contributed by atoms with E-state index < -0.39 is 0 Å². The summed E-state index contributed by atoms with van der Waals surface area (Å²) in [5, 5.41) is 0. The fraction of sp³-hybridized carbons (Fsp3) is 0.889. The van der Waals surface area contributed by atoms with Gasteiger partial charge in [0.15, 0.2) is 0 Å². The van der Waals surface area contributed by atoms with Gasteiger partial charge in [0.2, 0.25) is 0 Å². The number of carbonyl (C=O) groups is 1. The molecule has 0 aromatic rings. The predicted octanol–water partition coefficient (Wildman–Crippen LogP) is -0.793. The number of likely N-dealkylation sites (N-methyl/N-ethyl adjacent to an activating group) is 1. The van der Waals surface area contributed by atoms with E-state index in [0.717, 1.165) is 13.1 Å². The minimum absolute atomic E-state index is 0.0460. The fourth-order valence-corrected chi connectivity index (χ4v) is 1.57. The molecule has 0 aromatic carbocycles. The van der Waals surface area contributed by atoms with E-state index in [-0.39, 0.29) is 18.1 Å². The molecule has 1 heterocycles. The number of esters is 1. The van der Waals surface area contributed by atoms with Gasteiger partial charge in [-0.05, 0) is 7.05 Å². The van der Waals surface area contributed by atoms with Gasteiger partial charge >= 0.3 is 5.97 Å². The van der Waals surface area contributed by atoms with E-state index in [4.69, 9.17) is 10.5 Å². The van der Waals surface area contributed by atoms with E-state index in [2.05, 4.69) is 9.64 Å². The molecule has 5 nitrogen and oxygen atoms in total. The third-order valence-corrected chi connectivity index (χ3v) is 2.36. The lowest BCUT2D eigenvalue weighted by Gasteiger charge is -2.14. The zero-order valence-electron chi connectivity index (χ0n) is 8.73. The predicted molar refractivity (Wildman–Crippen MR) is 51.8 cm³/mol. The maximum absolute atomic E-state index is 10.8. The highest BCUT2D eigenvalue weighted by Gasteiger charge is 2.28. The Balaban J connectivity index is 2.15. The highest BCUT2D eigenvalue weighted by atomic mass is 16.5. The summed E-state index contributed by atoms with van der Waals surface area (Å²) in [6.45, 7) is 2.07. The summed E-state index contributed by atoms with van der Waals surface area (Å²) in [5.74, 6) is -0.245. The molecule has 1 fully saturated rings. The van der Waals surface area contributed by atoms with Crippen LogP contribution in [0, 0.1) is 0 Å². The molecule has 0 spiro atoms. The molecule has 5 heteroatoms. The average molecular weight is 202 g/mol. The first-order chi connectivity index (χ1) is 6.63. The lowest BCUT2D eigenvalue weighted by Crippen LogP contribution is -2.35. The second kappa shape index (κ2) is 5.29. The lowest BCUT2D eigenvalue weighted by molar-refractivity contribution is -0.142. The van der Waals surface area contributed by atoms with Crippen molar-refractivity contribution >= 4 is 5.97 Å². The highest BCUT2D eigenvalue weighted by Crippen LogP contribution is 2.09. The van der Waals surface area contributed by atoms with Crippen molar-refractivity contribution in [1.82, 2.24) is 4.90 Å². The largest absolute Gasteiger partial charge is 0.469 e. The van der Waals surface area contributed by atoms with Gasteiger partial charge in [-0.1, -0.05) is 0 Å². The van der Waals surface area contributed by atoms with Crippen LogP contribution in [0.15, 0.2) is 0 Å². The Morgan fingerprint density at radius 2 is 2.29 bits per heavy atom. The van der Waals surface area contributed by atoms with Crippen molar-refractivity contribution in [2.24, 2.45) is 5.73 Å². The van der Waals surface area contributed by atoms with Crippen LogP contribution in [-0.2, 0) is 14.3 Å². The molecule has 0 aromatic heterocycles. The number of hydrogen-bond donors (Lipinski definition) is 1. The molecule has 82 valence electrons. The van der Waals surface area contributed by atoms with Crippen LogP contribution < -0.4 is 5.73 Å². The van der Waals surface area contributed by atoms with Crippen molar-refractivity contribution < 1.29 is 14.3 Å². The number of ether oxygens (including phenoxy) is 2. The third-order valence-electron chi connectivity index (χ3n) is 2.36. The molecule has 1 saturated heterocycles. The Morgan fingerprint density at radius 1 is 1.57 bits per heavy atom. The van der Waals surface area contributed by atoms with E-state index in [1.165, 1.54) is 7.11 Å². The van der Waals surface area contributed by atoms with Crippen LogP contribution in [0.2, 0.25) is 0 Å². The van der Waals surface area contributed by atoms with E-state index in [1.807, 2.05) is 7.05 Å². The molecule has 0 amide bonds. The molecule has 1 rings (SSSR count). The van der Waals surface area contributed by atoms with E-state index >= 15 is 0 Å². The number of likely N-dealkylation sites (tertiary alicyclic amines) is 1. The molecule has 2 N–H and O–H groups in total. The van der Waals surface area contributed by atoms with Crippen molar-refractivity contribution in [1.29, 1.82) is 0 Å². The van der Waals surface area contributed by atoms with Gasteiger partial charge in [-0.25, -0.2) is 0 Å². The number of carbonyl (C=O) groups excluding carboxylic acids is 1. The maximum atomic E-state index is 10.8. The van der Waals surface area contributed by atoms with Gasteiger partial charge in [-0.15, -0.1) is 0 Å². The highest BCUT2D eigenvalue weighted by molar-refractivity contribution is 5.69. The number of nitrogens with two attached hydrogens (primary N) is 1. The fourth-order valence-electron chi connectivity index (χ4n) is 1.57. The van der Waals surface area contributed by atoms with Crippen LogP contribution in [0.4, 0.5) is 0 Å².